The number of aromatic hydroxyl groups is 1. The Morgan fingerprint density at radius 3 is 3.00 bits per heavy atom. The van der Waals surface area contributed by atoms with Crippen molar-refractivity contribution in [3.05, 3.63) is 28.7 Å². The van der Waals surface area contributed by atoms with Crippen LogP contribution >= 0.6 is 11.8 Å². The van der Waals surface area contributed by atoms with Crippen LogP contribution in [-0.2, 0) is 14.3 Å². The monoisotopic (exact) mass is 392 g/mol. The molecule has 144 valence electrons. The highest BCUT2D eigenvalue weighted by Crippen LogP contribution is 2.34. The first kappa shape index (κ1) is 19.2. The van der Waals surface area contributed by atoms with Crippen LogP contribution in [0.25, 0.3) is 6.08 Å². The largest absolute Gasteiger partial charge is 0.504 e. The number of thioether (sulfide) groups is 1. The Morgan fingerprint density at radius 2 is 2.30 bits per heavy atom. The second-order valence-electron chi connectivity index (χ2n) is 6.14. The average Bonchev–Trinajstić information content (AvgIpc) is 3.26. The summed E-state index contributed by atoms with van der Waals surface area (Å²) in [5, 5.41) is 11.8. The lowest BCUT2D eigenvalue weighted by molar-refractivity contribution is -0.129. The van der Waals surface area contributed by atoms with Crippen molar-refractivity contribution in [2.45, 2.75) is 18.9 Å². The fourth-order valence-corrected chi connectivity index (χ4v) is 3.64. The number of nitrogens with zero attached hydrogens (tertiary/aromatic N) is 1. The van der Waals surface area contributed by atoms with E-state index in [2.05, 4.69) is 5.32 Å². The van der Waals surface area contributed by atoms with Gasteiger partial charge in [-0.05, 0) is 48.4 Å². The molecule has 2 aliphatic rings. The van der Waals surface area contributed by atoms with E-state index in [4.69, 9.17) is 9.47 Å². The van der Waals surface area contributed by atoms with E-state index in [1.165, 1.54) is 19.3 Å². The van der Waals surface area contributed by atoms with Gasteiger partial charge >= 0.3 is 0 Å². The number of methoxy groups -OCH3 is 1. The number of amides is 3. The van der Waals surface area contributed by atoms with Crippen LogP contribution in [0.5, 0.6) is 11.5 Å². The fraction of sp³-hybridized carbons (Fsp3) is 0.389. The molecule has 1 aromatic carbocycles. The van der Waals surface area contributed by atoms with E-state index in [0.717, 1.165) is 29.5 Å². The molecule has 2 fully saturated rings. The zero-order chi connectivity index (χ0) is 19.4. The molecule has 9 heteroatoms. The molecule has 0 aliphatic carbocycles. The third-order valence-corrected chi connectivity index (χ3v) is 5.14. The first-order chi connectivity index (χ1) is 13.0. The van der Waals surface area contributed by atoms with Gasteiger partial charge in [0.1, 0.15) is 6.54 Å². The van der Waals surface area contributed by atoms with Crippen molar-refractivity contribution >= 4 is 34.9 Å². The van der Waals surface area contributed by atoms with Crippen molar-refractivity contribution in [2.75, 3.05) is 26.8 Å². The number of phenols is 1. The summed E-state index contributed by atoms with van der Waals surface area (Å²) in [7, 11) is 1.42. The molecule has 0 unspecified atom stereocenters. The maximum absolute atomic E-state index is 12.5. The summed E-state index contributed by atoms with van der Waals surface area (Å²) in [4.78, 5) is 37.8. The van der Waals surface area contributed by atoms with Gasteiger partial charge in [-0.1, -0.05) is 6.07 Å². The van der Waals surface area contributed by atoms with Gasteiger partial charge in [-0.25, -0.2) is 0 Å². The van der Waals surface area contributed by atoms with Gasteiger partial charge in [0.25, 0.3) is 11.1 Å². The molecule has 1 atom stereocenters. The van der Waals surface area contributed by atoms with E-state index in [1.54, 1.807) is 12.1 Å². The zero-order valence-electron chi connectivity index (χ0n) is 14.8. The lowest BCUT2D eigenvalue weighted by Gasteiger charge is -2.14. The molecule has 3 rings (SSSR count). The summed E-state index contributed by atoms with van der Waals surface area (Å²) in [5.41, 5.74) is 0.595. The molecule has 1 aromatic rings. The summed E-state index contributed by atoms with van der Waals surface area (Å²) in [5.74, 6) is -0.688. The minimum atomic E-state index is -0.524. The van der Waals surface area contributed by atoms with Crippen molar-refractivity contribution < 1.29 is 29.0 Å². The van der Waals surface area contributed by atoms with Gasteiger partial charge < -0.3 is 19.9 Å². The number of ether oxygens (including phenoxy) is 2. The predicted octanol–water partition coefficient (Wildman–Crippen LogP) is 1.73. The summed E-state index contributed by atoms with van der Waals surface area (Å²) in [6.07, 6.45) is 3.38. The number of hydrogen-bond acceptors (Lipinski definition) is 7. The molecule has 0 aromatic heterocycles. The Morgan fingerprint density at radius 1 is 1.48 bits per heavy atom. The Balaban J connectivity index is 1.63. The van der Waals surface area contributed by atoms with Gasteiger partial charge in [0.2, 0.25) is 5.91 Å². The zero-order valence-corrected chi connectivity index (χ0v) is 15.6. The first-order valence-corrected chi connectivity index (χ1v) is 9.30. The Hall–Kier alpha value is -2.52. The van der Waals surface area contributed by atoms with E-state index in [-0.39, 0.29) is 29.1 Å². The average molecular weight is 392 g/mol. The minimum absolute atomic E-state index is 0.00626. The lowest BCUT2D eigenvalue weighted by atomic mass is 10.2. The molecular formula is C18H20N2O6S. The number of carbonyl (C=O) groups is 3. The highest BCUT2D eigenvalue weighted by molar-refractivity contribution is 8.18. The summed E-state index contributed by atoms with van der Waals surface area (Å²) >= 11 is 0.770. The molecule has 0 spiro atoms. The molecule has 2 heterocycles. The summed E-state index contributed by atoms with van der Waals surface area (Å²) < 4.78 is 10.5. The van der Waals surface area contributed by atoms with Crippen molar-refractivity contribution in [1.82, 2.24) is 10.2 Å². The van der Waals surface area contributed by atoms with Crippen molar-refractivity contribution in [1.29, 1.82) is 0 Å². The number of carbonyl (C=O) groups excluding carboxylic acids is 3. The third kappa shape index (κ3) is 4.61. The number of nitrogens with one attached hydrogen (secondary N) is 1. The molecule has 2 N–H and O–H groups in total. The van der Waals surface area contributed by atoms with Gasteiger partial charge in [-0.3, -0.25) is 19.3 Å². The van der Waals surface area contributed by atoms with E-state index < -0.39 is 17.1 Å². The minimum Gasteiger partial charge on any atom is -0.504 e. The van der Waals surface area contributed by atoms with Gasteiger partial charge in [0.05, 0.1) is 18.1 Å². The van der Waals surface area contributed by atoms with Gasteiger partial charge in [-0.2, -0.15) is 0 Å². The van der Waals surface area contributed by atoms with Crippen molar-refractivity contribution in [3.63, 3.8) is 0 Å². The highest BCUT2D eigenvalue weighted by Gasteiger charge is 2.36. The molecule has 8 nitrogen and oxygen atoms in total. The van der Waals surface area contributed by atoms with E-state index in [0.29, 0.717) is 18.7 Å². The lowest BCUT2D eigenvalue weighted by Crippen LogP contribution is -2.41. The van der Waals surface area contributed by atoms with E-state index in [9.17, 15) is 19.5 Å². The first-order valence-electron chi connectivity index (χ1n) is 8.48. The Bertz CT molecular complexity index is 788. The van der Waals surface area contributed by atoms with Crippen LogP contribution in [0.2, 0.25) is 0 Å². The molecule has 0 bridgehead atoms. The summed E-state index contributed by atoms with van der Waals surface area (Å²) in [6.45, 7) is 0.738. The molecule has 27 heavy (non-hydrogen) atoms. The second-order valence-corrected chi connectivity index (χ2v) is 7.13. The second kappa shape index (κ2) is 8.45. The molecule has 3 amide bonds. The van der Waals surface area contributed by atoms with Gasteiger partial charge in [-0.15, -0.1) is 0 Å². The van der Waals surface area contributed by atoms with Crippen LogP contribution in [0.15, 0.2) is 23.1 Å². The number of phenolic OH excluding ortho intramolecular Hbond substituents is 1. The molecule has 2 aliphatic heterocycles. The maximum Gasteiger partial charge on any atom is 0.294 e. The van der Waals surface area contributed by atoms with Crippen LogP contribution in [0, 0.1) is 0 Å². The number of imide groups is 1. The predicted molar refractivity (Wildman–Crippen MR) is 99.3 cm³/mol. The molecule has 2 saturated heterocycles. The maximum atomic E-state index is 12.5. The smallest absolute Gasteiger partial charge is 0.294 e. The topological polar surface area (TPSA) is 105 Å². The van der Waals surface area contributed by atoms with Crippen LogP contribution in [0.4, 0.5) is 4.79 Å². The number of rotatable bonds is 6. The van der Waals surface area contributed by atoms with Crippen LogP contribution < -0.4 is 10.1 Å². The van der Waals surface area contributed by atoms with Gasteiger partial charge in [0.15, 0.2) is 11.5 Å². The standard InChI is InChI=1S/C18H20N2O6S/c1-25-14-7-11(4-5-13(14)21)8-15-17(23)20(18(24)27-15)10-16(22)19-9-12-3-2-6-26-12/h4-5,7-8,12,21H,2-3,6,9-10H2,1H3,(H,19,22)/b15-8-/t12-/m0/s1. The van der Waals surface area contributed by atoms with Crippen LogP contribution in [-0.4, -0.2) is 60.0 Å². The van der Waals surface area contributed by atoms with Crippen LogP contribution in [0.3, 0.4) is 0 Å². The Labute approximate surface area is 160 Å². The molecule has 0 saturated carbocycles. The fourth-order valence-electron chi connectivity index (χ4n) is 2.80. The highest BCUT2D eigenvalue weighted by atomic mass is 32.2. The summed E-state index contributed by atoms with van der Waals surface area (Å²) in [6, 6.07) is 4.59. The number of hydrogen-bond donors (Lipinski definition) is 2. The quantitative estimate of drug-likeness (QED) is 0.710. The molecule has 0 radical (unpaired) electrons. The number of benzene rings is 1. The van der Waals surface area contributed by atoms with Gasteiger partial charge in [0, 0.05) is 13.2 Å². The van der Waals surface area contributed by atoms with Crippen LogP contribution in [0.1, 0.15) is 18.4 Å². The van der Waals surface area contributed by atoms with E-state index >= 15 is 0 Å². The molecular weight excluding hydrogens is 372 g/mol. The van der Waals surface area contributed by atoms with Crippen molar-refractivity contribution in [3.8, 4) is 11.5 Å². The van der Waals surface area contributed by atoms with Crippen molar-refractivity contribution in [2.24, 2.45) is 0 Å². The Kier molecular flexibility index (Phi) is 6.02. The van der Waals surface area contributed by atoms with E-state index in [1.807, 2.05) is 0 Å². The third-order valence-electron chi connectivity index (χ3n) is 4.23. The normalized spacial score (nSPS) is 21.1. The SMILES string of the molecule is COc1cc(/C=C2\SC(=O)N(CC(=O)NC[C@@H]3CCCO3)C2=O)ccc1O.